The molecule has 0 radical (unpaired) electrons. The highest BCUT2D eigenvalue weighted by Crippen LogP contribution is 2.45. The molecule has 0 aliphatic carbocycles. The van der Waals surface area contributed by atoms with Crippen molar-refractivity contribution in [3.63, 3.8) is 0 Å². The van der Waals surface area contributed by atoms with Gasteiger partial charge >= 0.3 is 0 Å². The fraction of sp³-hybridized carbons (Fsp3) is 0.625. The van der Waals surface area contributed by atoms with Gasteiger partial charge in [0, 0.05) is 12.1 Å². The van der Waals surface area contributed by atoms with Gasteiger partial charge in [-0.2, -0.15) is 0 Å². The van der Waals surface area contributed by atoms with Gasteiger partial charge in [0.2, 0.25) is 0 Å². The Bertz CT molecular complexity index is 394. The molecule has 0 aromatic heterocycles. The Balaban J connectivity index is 1.87. The summed E-state index contributed by atoms with van der Waals surface area (Å²) in [4.78, 5) is 2.63. The van der Waals surface area contributed by atoms with E-state index >= 15 is 0 Å². The van der Waals surface area contributed by atoms with Crippen molar-refractivity contribution in [2.75, 3.05) is 7.05 Å². The average molecular weight is 229 g/mol. The number of hydrogen-bond donors (Lipinski definition) is 0. The first-order chi connectivity index (χ1) is 8.16. The quantitative estimate of drug-likeness (QED) is 0.711. The van der Waals surface area contributed by atoms with Crippen LogP contribution in [-0.4, -0.2) is 24.0 Å². The smallest absolute Gasteiger partial charge is 0.0127 e. The number of benzene rings is 1. The highest BCUT2D eigenvalue weighted by Gasteiger charge is 2.43. The third-order valence-electron chi connectivity index (χ3n) is 5.17. The van der Waals surface area contributed by atoms with Gasteiger partial charge in [-0.15, -0.1) is 0 Å². The molecule has 0 saturated carbocycles. The lowest BCUT2D eigenvalue weighted by atomic mass is 9.77. The minimum atomic E-state index is 0.782. The molecule has 4 atom stereocenters. The van der Waals surface area contributed by atoms with E-state index in [0.717, 1.165) is 23.9 Å². The zero-order valence-corrected chi connectivity index (χ0v) is 11.2. The summed E-state index contributed by atoms with van der Waals surface area (Å²) in [7, 11) is 2.32. The summed E-state index contributed by atoms with van der Waals surface area (Å²) >= 11 is 0. The Morgan fingerprint density at radius 2 is 1.82 bits per heavy atom. The molecule has 2 aliphatic heterocycles. The number of hydrogen-bond acceptors (Lipinski definition) is 1. The Hall–Kier alpha value is -0.820. The lowest BCUT2D eigenvalue weighted by molar-refractivity contribution is 0.110. The van der Waals surface area contributed by atoms with Crippen molar-refractivity contribution < 1.29 is 0 Å². The summed E-state index contributed by atoms with van der Waals surface area (Å²) in [5, 5.41) is 0. The molecule has 0 spiro atoms. The second-order valence-electron chi connectivity index (χ2n) is 6.08. The molecule has 2 fully saturated rings. The second-order valence-corrected chi connectivity index (χ2v) is 6.08. The maximum atomic E-state index is 2.63. The largest absolute Gasteiger partial charge is 0.300 e. The lowest BCUT2D eigenvalue weighted by Crippen LogP contribution is -2.44. The van der Waals surface area contributed by atoms with Gasteiger partial charge in [-0.3, -0.25) is 0 Å². The van der Waals surface area contributed by atoms with Crippen molar-refractivity contribution >= 4 is 0 Å². The van der Waals surface area contributed by atoms with E-state index in [9.17, 15) is 0 Å². The predicted molar refractivity (Wildman–Crippen MR) is 72.3 cm³/mol. The number of piperidine rings is 1. The van der Waals surface area contributed by atoms with Crippen molar-refractivity contribution in [1.29, 1.82) is 0 Å². The molecule has 2 saturated heterocycles. The van der Waals surface area contributed by atoms with Crippen molar-refractivity contribution in [1.82, 2.24) is 4.90 Å². The molecular weight excluding hydrogens is 206 g/mol. The van der Waals surface area contributed by atoms with Crippen molar-refractivity contribution in [3.8, 4) is 0 Å². The van der Waals surface area contributed by atoms with Crippen LogP contribution in [0.1, 0.15) is 43.2 Å². The van der Waals surface area contributed by atoms with E-state index in [-0.39, 0.29) is 0 Å². The van der Waals surface area contributed by atoms with Crippen LogP contribution in [0.25, 0.3) is 0 Å². The van der Waals surface area contributed by atoms with E-state index in [1.807, 2.05) is 0 Å². The molecule has 1 aromatic rings. The van der Waals surface area contributed by atoms with E-state index in [1.54, 1.807) is 5.56 Å². The van der Waals surface area contributed by atoms with Crippen molar-refractivity contribution in [2.45, 2.75) is 51.1 Å². The third-order valence-corrected chi connectivity index (χ3v) is 5.17. The van der Waals surface area contributed by atoms with E-state index in [1.165, 1.54) is 24.8 Å². The summed E-state index contributed by atoms with van der Waals surface area (Å²) in [5.74, 6) is 1.59. The Morgan fingerprint density at radius 3 is 2.53 bits per heavy atom. The fourth-order valence-electron chi connectivity index (χ4n) is 3.99. The van der Waals surface area contributed by atoms with Gasteiger partial charge in [0.1, 0.15) is 0 Å². The Morgan fingerprint density at radius 1 is 1.12 bits per heavy atom. The van der Waals surface area contributed by atoms with Crippen molar-refractivity contribution in [3.05, 3.63) is 35.4 Å². The van der Waals surface area contributed by atoms with Gasteiger partial charge in [-0.1, -0.05) is 36.8 Å². The number of fused-ring (bicyclic) bond motifs is 2. The number of rotatable bonds is 1. The monoisotopic (exact) mass is 229 g/mol. The summed E-state index contributed by atoms with van der Waals surface area (Å²) in [6.45, 7) is 4.62. The Labute approximate surface area is 105 Å². The molecule has 17 heavy (non-hydrogen) atoms. The molecule has 2 heterocycles. The molecule has 2 aliphatic rings. The highest BCUT2D eigenvalue weighted by atomic mass is 15.2. The summed E-state index contributed by atoms with van der Waals surface area (Å²) < 4.78 is 0. The van der Waals surface area contributed by atoms with Crippen LogP contribution in [0.15, 0.2) is 24.3 Å². The molecule has 0 N–H and O–H groups in total. The van der Waals surface area contributed by atoms with E-state index in [2.05, 4.69) is 50.1 Å². The normalized spacial score (nSPS) is 37.4. The van der Waals surface area contributed by atoms with E-state index < -0.39 is 0 Å². The van der Waals surface area contributed by atoms with Gasteiger partial charge in [0.05, 0.1) is 0 Å². The zero-order valence-electron chi connectivity index (χ0n) is 11.2. The fourth-order valence-corrected chi connectivity index (χ4v) is 3.99. The predicted octanol–water partition coefficient (Wildman–Crippen LogP) is 3.58. The first kappa shape index (κ1) is 11.3. The molecule has 3 rings (SSSR count). The van der Waals surface area contributed by atoms with Gasteiger partial charge in [0.25, 0.3) is 0 Å². The van der Waals surface area contributed by atoms with Crippen LogP contribution in [0.5, 0.6) is 0 Å². The van der Waals surface area contributed by atoms with Crippen LogP contribution < -0.4 is 0 Å². The molecule has 1 heteroatoms. The topological polar surface area (TPSA) is 3.24 Å². The molecule has 2 bridgehead atoms. The van der Waals surface area contributed by atoms with Gasteiger partial charge in [0.15, 0.2) is 0 Å². The summed E-state index contributed by atoms with van der Waals surface area (Å²) in [5.41, 5.74) is 2.94. The molecule has 2 unspecified atom stereocenters. The number of nitrogens with zero attached hydrogens (tertiary/aromatic N) is 1. The summed E-state index contributed by atoms with van der Waals surface area (Å²) in [6, 6.07) is 10.9. The first-order valence-electron chi connectivity index (χ1n) is 6.95. The SMILES string of the molecule is Cc1ccc([C@H]2C[C@H]3CCC(C2C)N3C)cc1. The van der Waals surface area contributed by atoms with Gasteiger partial charge in [-0.25, -0.2) is 0 Å². The van der Waals surface area contributed by atoms with Crippen LogP contribution in [0.2, 0.25) is 0 Å². The molecule has 1 nitrogen and oxygen atoms in total. The molecular formula is C16H23N. The average Bonchev–Trinajstić information content (AvgIpc) is 2.58. The maximum absolute atomic E-state index is 2.63. The minimum Gasteiger partial charge on any atom is -0.300 e. The molecule has 92 valence electrons. The minimum absolute atomic E-state index is 0.782. The highest BCUT2D eigenvalue weighted by molar-refractivity contribution is 5.26. The zero-order chi connectivity index (χ0) is 12.0. The Kier molecular flexibility index (Phi) is 2.74. The van der Waals surface area contributed by atoms with Crippen LogP contribution in [-0.2, 0) is 0 Å². The van der Waals surface area contributed by atoms with Crippen LogP contribution in [0, 0.1) is 12.8 Å². The lowest BCUT2D eigenvalue weighted by Gasteiger charge is -2.41. The number of aryl methyl sites for hydroxylation is 1. The second kappa shape index (κ2) is 4.13. The van der Waals surface area contributed by atoms with E-state index in [0.29, 0.717) is 0 Å². The van der Waals surface area contributed by atoms with Crippen molar-refractivity contribution in [2.24, 2.45) is 5.92 Å². The first-order valence-corrected chi connectivity index (χ1v) is 6.95. The molecule has 0 amide bonds. The van der Waals surface area contributed by atoms with Crippen LogP contribution in [0.3, 0.4) is 0 Å². The van der Waals surface area contributed by atoms with Crippen LogP contribution >= 0.6 is 0 Å². The summed E-state index contributed by atoms with van der Waals surface area (Å²) in [6.07, 6.45) is 4.18. The van der Waals surface area contributed by atoms with Crippen LogP contribution in [0.4, 0.5) is 0 Å². The van der Waals surface area contributed by atoms with Gasteiger partial charge in [-0.05, 0) is 50.6 Å². The maximum Gasteiger partial charge on any atom is 0.0127 e. The molecule has 1 aromatic carbocycles. The third kappa shape index (κ3) is 1.81. The standard InChI is InChI=1S/C16H23N/c1-11-4-6-13(7-5-11)15-10-14-8-9-16(12(15)2)17(14)3/h4-7,12,14-16H,8-10H2,1-3H3/t12?,14-,15+,16?/m1/s1. The van der Waals surface area contributed by atoms with Gasteiger partial charge < -0.3 is 4.90 Å². The van der Waals surface area contributed by atoms with E-state index in [4.69, 9.17) is 0 Å².